The van der Waals surface area contributed by atoms with Gasteiger partial charge in [-0.3, -0.25) is 4.79 Å². The van der Waals surface area contributed by atoms with Gasteiger partial charge < -0.3 is 9.84 Å². The zero-order chi connectivity index (χ0) is 30.2. The molecule has 0 radical (unpaired) electrons. The molecule has 2 aromatic carbocycles. The summed E-state index contributed by atoms with van der Waals surface area (Å²) in [5.41, 5.74) is 3.74. The SMILES string of the molecule is CCCCCCCCCCCCc1cc(CCC(=O)OC(C)CCCCCC)cc(-n2nc3ccc(Cl)cc3n2)c1O. The summed E-state index contributed by atoms with van der Waals surface area (Å²) in [4.78, 5) is 14.1. The van der Waals surface area contributed by atoms with Gasteiger partial charge in [-0.25, -0.2) is 0 Å². The zero-order valence-corrected chi connectivity index (χ0v) is 26.9. The number of nitrogens with zero attached hydrogens (tertiary/aromatic N) is 3. The van der Waals surface area contributed by atoms with Crippen LogP contribution in [0.1, 0.15) is 135 Å². The first-order valence-corrected chi connectivity index (χ1v) is 16.9. The maximum atomic E-state index is 12.6. The van der Waals surface area contributed by atoms with E-state index in [1.165, 1.54) is 75.4 Å². The van der Waals surface area contributed by atoms with Gasteiger partial charge in [0.2, 0.25) is 0 Å². The molecule has 7 heteroatoms. The summed E-state index contributed by atoms with van der Waals surface area (Å²) >= 11 is 6.17. The number of aromatic nitrogens is 3. The van der Waals surface area contributed by atoms with E-state index in [0.717, 1.165) is 43.2 Å². The maximum Gasteiger partial charge on any atom is 0.306 e. The molecule has 3 rings (SSSR count). The molecule has 0 aliphatic rings. The molecular weight excluding hydrogens is 546 g/mol. The predicted octanol–water partition coefficient (Wildman–Crippen LogP) is 10.1. The Morgan fingerprint density at radius 3 is 2.14 bits per heavy atom. The van der Waals surface area contributed by atoms with Gasteiger partial charge >= 0.3 is 5.97 Å². The van der Waals surface area contributed by atoms with E-state index in [1.54, 1.807) is 12.1 Å². The van der Waals surface area contributed by atoms with Crippen molar-refractivity contribution in [2.24, 2.45) is 0 Å². The van der Waals surface area contributed by atoms with Crippen molar-refractivity contribution in [1.29, 1.82) is 0 Å². The lowest BCUT2D eigenvalue weighted by Crippen LogP contribution is -2.15. The van der Waals surface area contributed by atoms with E-state index in [4.69, 9.17) is 16.3 Å². The average molecular weight is 598 g/mol. The van der Waals surface area contributed by atoms with Crippen molar-refractivity contribution in [2.75, 3.05) is 0 Å². The number of aromatic hydroxyl groups is 1. The van der Waals surface area contributed by atoms with E-state index in [2.05, 4.69) is 24.0 Å². The van der Waals surface area contributed by atoms with Crippen LogP contribution in [0.5, 0.6) is 5.75 Å². The highest BCUT2D eigenvalue weighted by Crippen LogP contribution is 2.31. The first-order valence-electron chi connectivity index (χ1n) is 16.5. The van der Waals surface area contributed by atoms with Crippen LogP contribution < -0.4 is 0 Å². The van der Waals surface area contributed by atoms with E-state index in [1.807, 2.05) is 25.1 Å². The van der Waals surface area contributed by atoms with Gasteiger partial charge in [0.15, 0.2) is 0 Å². The number of hydrogen-bond acceptors (Lipinski definition) is 5. The van der Waals surface area contributed by atoms with Gasteiger partial charge in [0.1, 0.15) is 22.5 Å². The number of fused-ring (bicyclic) bond motifs is 1. The lowest BCUT2D eigenvalue weighted by molar-refractivity contribution is -0.148. The van der Waals surface area contributed by atoms with Gasteiger partial charge in [-0.15, -0.1) is 15.0 Å². The molecule has 0 bridgehead atoms. The van der Waals surface area contributed by atoms with Gasteiger partial charge in [0.25, 0.3) is 0 Å². The first kappa shape index (κ1) is 33.9. The van der Waals surface area contributed by atoms with Crippen LogP contribution in [0, 0.1) is 0 Å². The minimum absolute atomic E-state index is 0.0656. The number of hydrogen-bond donors (Lipinski definition) is 1. The van der Waals surface area contributed by atoms with Crippen molar-refractivity contribution in [2.45, 2.75) is 142 Å². The van der Waals surface area contributed by atoms with Crippen LogP contribution in [0.4, 0.5) is 0 Å². The highest BCUT2D eigenvalue weighted by Gasteiger charge is 2.17. The number of rotatable bonds is 21. The Labute approximate surface area is 258 Å². The van der Waals surface area contributed by atoms with E-state index in [9.17, 15) is 9.90 Å². The molecule has 1 atom stereocenters. The van der Waals surface area contributed by atoms with Gasteiger partial charge in [-0.2, -0.15) is 0 Å². The minimum atomic E-state index is -0.179. The van der Waals surface area contributed by atoms with Crippen molar-refractivity contribution in [3.05, 3.63) is 46.5 Å². The van der Waals surface area contributed by atoms with Gasteiger partial charge in [0, 0.05) is 11.4 Å². The number of halogens is 1. The van der Waals surface area contributed by atoms with Crippen LogP contribution in [-0.4, -0.2) is 32.2 Å². The molecule has 3 aromatic rings. The average Bonchev–Trinajstić information content (AvgIpc) is 3.39. The number of ether oxygens (including phenoxy) is 1. The van der Waals surface area contributed by atoms with Gasteiger partial charge in [-0.1, -0.05) is 109 Å². The monoisotopic (exact) mass is 597 g/mol. The second kappa shape index (κ2) is 18.8. The normalized spacial score (nSPS) is 12.2. The molecule has 1 heterocycles. The molecule has 1 aromatic heterocycles. The van der Waals surface area contributed by atoms with E-state index in [0.29, 0.717) is 34.6 Å². The molecule has 0 spiro atoms. The van der Waals surface area contributed by atoms with E-state index in [-0.39, 0.29) is 17.8 Å². The summed E-state index contributed by atoms with van der Waals surface area (Å²) in [6, 6.07) is 9.30. The van der Waals surface area contributed by atoms with Crippen LogP contribution in [0.2, 0.25) is 5.02 Å². The molecule has 0 aliphatic carbocycles. The fraction of sp³-hybridized carbons (Fsp3) is 0.629. The highest BCUT2D eigenvalue weighted by atomic mass is 35.5. The standard InChI is InChI=1S/C35H52ClN3O3/c1-4-6-8-10-11-12-13-14-15-17-19-29-24-28(20-23-34(40)42-27(3)18-16-9-7-5-2)25-33(35(29)41)39-37-31-22-21-30(36)26-32(31)38-39/h21-22,24-27,41H,4-20,23H2,1-3H3. The van der Waals surface area contributed by atoms with Crippen LogP contribution in [0.3, 0.4) is 0 Å². The molecule has 232 valence electrons. The van der Waals surface area contributed by atoms with E-state index >= 15 is 0 Å². The summed E-state index contributed by atoms with van der Waals surface area (Å²) in [5.74, 6) is 0.0193. The molecular formula is C35H52ClN3O3. The lowest BCUT2D eigenvalue weighted by Gasteiger charge is -2.15. The first-order chi connectivity index (χ1) is 20.4. The summed E-state index contributed by atoms with van der Waals surface area (Å²) in [6.07, 6.45) is 19.8. The smallest absolute Gasteiger partial charge is 0.306 e. The number of aryl methyl sites for hydroxylation is 2. The zero-order valence-electron chi connectivity index (χ0n) is 26.2. The molecule has 0 aliphatic heterocycles. The second-order valence-corrected chi connectivity index (χ2v) is 12.3. The molecule has 0 fully saturated rings. The number of phenolic OH excluding ortho intramolecular Hbond substituents is 1. The van der Waals surface area contributed by atoms with Crippen molar-refractivity contribution in [3.63, 3.8) is 0 Å². The molecule has 0 saturated carbocycles. The molecule has 6 nitrogen and oxygen atoms in total. The Hall–Kier alpha value is -2.60. The fourth-order valence-corrected chi connectivity index (χ4v) is 5.64. The molecule has 0 amide bonds. The Kier molecular flexibility index (Phi) is 15.2. The third kappa shape index (κ3) is 11.6. The molecule has 1 N–H and O–H groups in total. The Morgan fingerprint density at radius 2 is 1.45 bits per heavy atom. The van der Waals surface area contributed by atoms with Crippen LogP contribution in [-0.2, 0) is 22.4 Å². The number of benzene rings is 2. The van der Waals surface area contributed by atoms with Crippen molar-refractivity contribution in [3.8, 4) is 11.4 Å². The predicted molar refractivity (Wildman–Crippen MR) is 174 cm³/mol. The van der Waals surface area contributed by atoms with Crippen LogP contribution >= 0.6 is 11.6 Å². The third-order valence-electron chi connectivity index (χ3n) is 8.00. The third-order valence-corrected chi connectivity index (χ3v) is 8.24. The number of carbonyl (C=O) groups excluding carboxylic acids is 1. The maximum absolute atomic E-state index is 12.6. The minimum Gasteiger partial charge on any atom is -0.505 e. The number of esters is 1. The quantitative estimate of drug-likeness (QED) is 0.0976. The lowest BCUT2D eigenvalue weighted by atomic mass is 9.99. The van der Waals surface area contributed by atoms with Crippen LogP contribution in [0.25, 0.3) is 16.7 Å². The number of phenols is 1. The largest absolute Gasteiger partial charge is 0.505 e. The highest BCUT2D eigenvalue weighted by molar-refractivity contribution is 6.31. The Morgan fingerprint density at radius 1 is 0.833 bits per heavy atom. The topological polar surface area (TPSA) is 77.2 Å². The second-order valence-electron chi connectivity index (χ2n) is 11.8. The van der Waals surface area contributed by atoms with Crippen LogP contribution in [0.15, 0.2) is 30.3 Å². The molecule has 1 unspecified atom stereocenters. The van der Waals surface area contributed by atoms with Gasteiger partial charge in [-0.05, 0) is 74.4 Å². The Balaban J connectivity index is 1.63. The van der Waals surface area contributed by atoms with E-state index < -0.39 is 0 Å². The van der Waals surface area contributed by atoms with Crippen molar-refractivity contribution in [1.82, 2.24) is 15.0 Å². The Bertz CT molecular complexity index is 1230. The summed E-state index contributed by atoms with van der Waals surface area (Å²) < 4.78 is 5.68. The number of carbonyl (C=O) groups is 1. The van der Waals surface area contributed by atoms with Crippen molar-refractivity contribution >= 4 is 28.6 Å². The fourth-order valence-electron chi connectivity index (χ4n) is 5.48. The summed E-state index contributed by atoms with van der Waals surface area (Å²) in [5, 5.41) is 21.1. The molecule has 0 saturated heterocycles. The van der Waals surface area contributed by atoms with Crippen molar-refractivity contribution < 1.29 is 14.6 Å². The summed E-state index contributed by atoms with van der Waals surface area (Å²) in [6.45, 7) is 6.43. The van der Waals surface area contributed by atoms with Gasteiger partial charge in [0.05, 0.1) is 6.10 Å². The number of unbranched alkanes of at least 4 members (excludes halogenated alkanes) is 12. The summed E-state index contributed by atoms with van der Waals surface area (Å²) in [7, 11) is 0. The molecule has 42 heavy (non-hydrogen) atoms.